The van der Waals surface area contributed by atoms with Gasteiger partial charge in [-0.15, -0.1) is 0 Å². The van der Waals surface area contributed by atoms with Crippen LogP contribution in [0.5, 0.6) is 0 Å². The standard InChI is InChI=1S/C20H18N6O3/c1-25(20(29)13-4-2-3-12(9-13)11-21)14-5-6-16-15(10-14)24-19(18(23)28)26(16)8-7-17(22)27/h2-6,9-10H,7-8H2,1H3,(H2,22,27)(H2,23,28). The SMILES string of the molecule is CN(C(=O)c1cccc(C#N)c1)c1ccc2c(c1)nc(C(N)=O)n2CCC(N)=O. The molecule has 0 aliphatic carbocycles. The van der Waals surface area contributed by atoms with E-state index in [1.54, 1.807) is 43.4 Å². The van der Waals surface area contributed by atoms with E-state index in [0.717, 1.165) is 0 Å². The highest BCUT2D eigenvalue weighted by molar-refractivity contribution is 6.06. The van der Waals surface area contributed by atoms with Crippen molar-refractivity contribution in [2.45, 2.75) is 13.0 Å². The number of hydrogen-bond donors (Lipinski definition) is 2. The lowest BCUT2D eigenvalue weighted by molar-refractivity contribution is -0.118. The topological polar surface area (TPSA) is 148 Å². The smallest absolute Gasteiger partial charge is 0.284 e. The summed E-state index contributed by atoms with van der Waals surface area (Å²) in [5, 5.41) is 9.02. The molecule has 0 atom stereocenters. The Morgan fingerprint density at radius 1 is 1.17 bits per heavy atom. The van der Waals surface area contributed by atoms with Crippen LogP contribution >= 0.6 is 0 Å². The van der Waals surface area contributed by atoms with E-state index in [1.807, 2.05) is 6.07 Å². The normalized spacial score (nSPS) is 10.5. The Hall–Kier alpha value is -4.19. The number of nitriles is 1. The average Bonchev–Trinajstić information content (AvgIpc) is 3.09. The van der Waals surface area contributed by atoms with Crippen molar-refractivity contribution in [1.29, 1.82) is 5.26 Å². The van der Waals surface area contributed by atoms with Gasteiger partial charge in [0, 0.05) is 31.3 Å². The van der Waals surface area contributed by atoms with Crippen LogP contribution in [0.15, 0.2) is 42.5 Å². The molecule has 3 rings (SSSR count). The molecular weight excluding hydrogens is 372 g/mol. The van der Waals surface area contributed by atoms with Gasteiger partial charge in [0.25, 0.3) is 11.8 Å². The van der Waals surface area contributed by atoms with Crippen molar-refractivity contribution in [3.63, 3.8) is 0 Å². The zero-order valence-corrected chi connectivity index (χ0v) is 15.6. The van der Waals surface area contributed by atoms with Gasteiger partial charge in [-0.3, -0.25) is 14.4 Å². The van der Waals surface area contributed by atoms with E-state index >= 15 is 0 Å². The monoisotopic (exact) mass is 390 g/mol. The first-order valence-electron chi connectivity index (χ1n) is 8.68. The lowest BCUT2D eigenvalue weighted by Gasteiger charge is -2.17. The zero-order chi connectivity index (χ0) is 21.1. The lowest BCUT2D eigenvalue weighted by atomic mass is 10.1. The van der Waals surface area contributed by atoms with Crippen molar-refractivity contribution >= 4 is 34.4 Å². The number of imidazole rings is 1. The Labute approximate surface area is 166 Å². The van der Waals surface area contributed by atoms with Crippen LogP contribution in [0.3, 0.4) is 0 Å². The minimum Gasteiger partial charge on any atom is -0.370 e. The Morgan fingerprint density at radius 2 is 1.93 bits per heavy atom. The first kappa shape index (κ1) is 19.6. The van der Waals surface area contributed by atoms with Crippen LogP contribution in [0.2, 0.25) is 0 Å². The molecule has 0 bridgehead atoms. The number of nitrogens with two attached hydrogens (primary N) is 2. The Balaban J connectivity index is 1.98. The van der Waals surface area contributed by atoms with E-state index in [1.165, 1.54) is 15.5 Å². The molecule has 146 valence electrons. The van der Waals surface area contributed by atoms with Crippen molar-refractivity contribution in [2.24, 2.45) is 11.5 Å². The highest BCUT2D eigenvalue weighted by Gasteiger charge is 2.19. The second-order valence-corrected chi connectivity index (χ2v) is 6.40. The fraction of sp³-hybridized carbons (Fsp3) is 0.150. The number of aryl methyl sites for hydroxylation is 1. The van der Waals surface area contributed by atoms with Crippen LogP contribution in [-0.2, 0) is 11.3 Å². The van der Waals surface area contributed by atoms with Gasteiger partial charge in [-0.2, -0.15) is 5.26 Å². The molecule has 3 amide bonds. The maximum absolute atomic E-state index is 12.8. The fourth-order valence-corrected chi connectivity index (χ4v) is 3.00. The summed E-state index contributed by atoms with van der Waals surface area (Å²) in [6.07, 6.45) is 0.0289. The summed E-state index contributed by atoms with van der Waals surface area (Å²) in [6, 6.07) is 13.4. The molecular formula is C20H18N6O3. The fourth-order valence-electron chi connectivity index (χ4n) is 3.00. The van der Waals surface area contributed by atoms with Gasteiger partial charge in [0.1, 0.15) is 0 Å². The average molecular weight is 390 g/mol. The number of amides is 3. The molecule has 9 nitrogen and oxygen atoms in total. The third-order valence-corrected chi connectivity index (χ3v) is 4.46. The Bertz CT molecular complexity index is 1170. The van der Waals surface area contributed by atoms with Crippen molar-refractivity contribution in [3.05, 3.63) is 59.4 Å². The molecule has 4 N–H and O–H groups in total. The van der Waals surface area contributed by atoms with Crippen LogP contribution in [-0.4, -0.2) is 34.3 Å². The van der Waals surface area contributed by atoms with E-state index in [4.69, 9.17) is 16.7 Å². The second kappa shape index (κ2) is 7.82. The van der Waals surface area contributed by atoms with Crippen molar-refractivity contribution in [2.75, 3.05) is 11.9 Å². The third-order valence-electron chi connectivity index (χ3n) is 4.46. The van der Waals surface area contributed by atoms with E-state index in [-0.39, 0.29) is 24.7 Å². The van der Waals surface area contributed by atoms with Crippen LogP contribution in [0.25, 0.3) is 11.0 Å². The molecule has 0 saturated carbocycles. The summed E-state index contributed by atoms with van der Waals surface area (Å²) in [5.41, 5.74) is 12.9. The maximum atomic E-state index is 12.8. The van der Waals surface area contributed by atoms with Crippen LogP contribution in [0, 0.1) is 11.3 Å². The first-order chi connectivity index (χ1) is 13.8. The van der Waals surface area contributed by atoms with Gasteiger partial charge in [-0.25, -0.2) is 4.98 Å². The molecule has 9 heteroatoms. The summed E-state index contributed by atoms with van der Waals surface area (Å²) in [7, 11) is 1.60. The van der Waals surface area contributed by atoms with Gasteiger partial charge >= 0.3 is 0 Å². The predicted octanol–water partition coefficient (Wildman–Crippen LogP) is 1.16. The van der Waals surface area contributed by atoms with Gasteiger partial charge in [-0.1, -0.05) is 6.07 Å². The molecule has 0 fully saturated rings. The summed E-state index contributed by atoms with van der Waals surface area (Å²) < 4.78 is 1.53. The van der Waals surface area contributed by atoms with Crippen molar-refractivity contribution in [3.8, 4) is 6.07 Å². The molecule has 0 spiro atoms. The number of benzene rings is 2. The van der Waals surface area contributed by atoms with Crippen LogP contribution in [0.4, 0.5) is 5.69 Å². The minimum absolute atomic E-state index is 0.00843. The highest BCUT2D eigenvalue weighted by atomic mass is 16.2. The van der Waals surface area contributed by atoms with E-state index in [0.29, 0.717) is 27.8 Å². The molecule has 0 aliphatic heterocycles. The highest BCUT2D eigenvalue weighted by Crippen LogP contribution is 2.24. The number of fused-ring (bicyclic) bond motifs is 1. The Kier molecular flexibility index (Phi) is 5.27. The molecule has 0 radical (unpaired) electrons. The number of carbonyl (C=O) groups is 3. The van der Waals surface area contributed by atoms with E-state index < -0.39 is 11.8 Å². The summed E-state index contributed by atoms with van der Waals surface area (Å²) in [4.78, 5) is 41.3. The van der Waals surface area contributed by atoms with Crippen molar-refractivity contribution < 1.29 is 14.4 Å². The molecule has 0 aliphatic rings. The number of primary amides is 2. The summed E-state index contributed by atoms with van der Waals surface area (Å²) in [6.45, 7) is 0.166. The molecule has 3 aromatic rings. The number of hydrogen-bond acceptors (Lipinski definition) is 5. The molecule has 1 aromatic heterocycles. The van der Waals surface area contributed by atoms with Gasteiger partial charge in [0.2, 0.25) is 5.91 Å². The van der Waals surface area contributed by atoms with Gasteiger partial charge in [0.05, 0.1) is 22.7 Å². The number of aromatic nitrogens is 2. The van der Waals surface area contributed by atoms with Crippen LogP contribution < -0.4 is 16.4 Å². The van der Waals surface area contributed by atoms with Gasteiger partial charge in [-0.05, 0) is 36.4 Å². The van der Waals surface area contributed by atoms with E-state index in [2.05, 4.69) is 4.98 Å². The quantitative estimate of drug-likeness (QED) is 0.648. The number of carbonyl (C=O) groups excluding carboxylic acids is 3. The van der Waals surface area contributed by atoms with Gasteiger partial charge in [0.15, 0.2) is 5.82 Å². The molecule has 0 unspecified atom stereocenters. The molecule has 1 heterocycles. The first-order valence-corrected chi connectivity index (χ1v) is 8.68. The third kappa shape index (κ3) is 3.91. The molecule has 2 aromatic carbocycles. The lowest BCUT2D eigenvalue weighted by Crippen LogP contribution is -2.26. The molecule has 29 heavy (non-hydrogen) atoms. The van der Waals surface area contributed by atoms with Gasteiger partial charge < -0.3 is 20.9 Å². The summed E-state index contributed by atoms with van der Waals surface area (Å²) >= 11 is 0. The number of rotatable bonds is 6. The Morgan fingerprint density at radius 3 is 2.59 bits per heavy atom. The number of anilines is 1. The maximum Gasteiger partial charge on any atom is 0.284 e. The number of nitrogens with zero attached hydrogens (tertiary/aromatic N) is 4. The zero-order valence-electron chi connectivity index (χ0n) is 15.6. The van der Waals surface area contributed by atoms with Crippen LogP contribution in [0.1, 0.15) is 33.0 Å². The predicted molar refractivity (Wildman–Crippen MR) is 106 cm³/mol. The minimum atomic E-state index is -0.732. The van der Waals surface area contributed by atoms with E-state index in [9.17, 15) is 14.4 Å². The summed E-state index contributed by atoms with van der Waals surface area (Å²) in [5.74, 6) is -1.53. The second-order valence-electron chi connectivity index (χ2n) is 6.40. The van der Waals surface area contributed by atoms with Crippen molar-refractivity contribution in [1.82, 2.24) is 9.55 Å². The molecule has 0 saturated heterocycles. The largest absolute Gasteiger partial charge is 0.370 e.